The van der Waals surface area contributed by atoms with Gasteiger partial charge >= 0.3 is 0 Å². The maximum absolute atomic E-state index is 13.1. The van der Waals surface area contributed by atoms with Crippen molar-refractivity contribution < 1.29 is 4.39 Å². The van der Waals surface area contributed by atoms with E-state index in [-0.39, 0.29) is 5.82 Å². The molecule has 21 heavy (non-hydrogen) atoms. The van der Waals surface area contributed by atoms with Gasteiger partial charge in [0.1, 0.15) is 5.82 Å². The van der Waals surface area contributed by atoms with Gasteiger partial charge in [-0.15, -0.1) is 0 Å². The molecule has 2 rings (SSSR count). The predicted octanol–water partition coefficient (Wildman–Crippen LogP) is 3.21. The third kappa shape index (κ3) is 4.96. The molecule has 0 fully saturated rings. The molecule has 0 saturated carbocycles. The second-order valence-corrected chi connectivity index (χ2v) is 4.90. The molecular formula is C16H16FN3S. The Morgan fingerprint density at radius 1 is 1.14 bits per heavy atom. The fourth-order valence-electron chi connectivity index (χ4n) is 1.73. The van der Waals surface area contributed by atoms with Gasteiger partial charge in [0.05, 0.1) is 5.71 Å². The molecular weight excluding hydrogens is 285 g/mol. The molecule has 108 valence electrons. The van der Waals surface area contributed by atoms with Crippen LogP contribution in [0.3, 0.4) is 0 Å². The molecule has 0 aliphatic heterocycles. The molecule has 0 aliphatic carbocycles. The number of nitrogens with one attached hydrogen (secondary N) is 2. The van der Waals surface area contributed by atoms with Crippen molar-refractivity contribution in [3.8, 4) is 0 Å². The van der Waals surface area contributed by atoms with E-state index in [4.69, 9.17) is 12.2 Å². The summed E-state index contributed by atoms with van der Waals surface area (Å²) < 4.78 is 13.1. The molecule has 0 aromatic heterocycles. The highest BCUT2D eigenvalue weighted by molar-refractivity contribution is 7.80. The molecule has 3 nitrogen and oxygen atoms in total. The van der Waals surface area contributed by atoms with Crippen LogP contribution in [0.25, 0.3) is 0 Å². The average Bonchev–Trinajstić information content (AvgIpc) is 2.51. The van der Waals surface area contributed by atoms with E-state index in [1.807, 2.05) is 30.3 Å². The number of nitrogens with zero attached hydrogens (tertiary/aromatic N) is 1. The highest BCUT2D eigenvalue weighted by Crippen LogP contribution is 2.04. The number of hydrazone groups is 1. The van der Waals surface area contributed by atoms with Gasteiger partial charge in [-0.25, -0.2) is 4.39 Å². The van der Waals surface area contributed by atoms with E-state index in [2.05, 4.69) is 15.8 Å². The maximum atomic E-state index is 13.1. The van der Waals surface area contributed by atoms with E-state index in [0.29, 0.717) is 22.9 Å². The number of benzene rings is 2. The van der Waals surface area contributed by atoms with Crippen LogP contribution in [0.4, 0.5) is 4.39 Å². The number of hydrogen-bond acceptors (Lipinski definition) is 2. The number of rotatable bonds is 4. The van der Waals surface area contributed by atoms with Crippen LogP contribution in [0, 0.1) is 5.82 Å². The second kappa shape index (κ2) is 7.50. The zero-order valence-corrected chi connectivity index (χ0v) is 12.5. The molecule has 2 aromatic carbocycles. The Morgan fingerprint density at radius 3 is 2.62 bits per heavy atom. The summed E-state index contributed by atoms with van der Waals surface area (Å²) in [6.07, 6.45) is 0. The molecule has 0 aliphatic rings. The SMILES string of the molecule is C/C(=N\NC(=S)NCc1ccccc1)c1cccc(F)c1. The average molecular weight is 301 g/mol. The van der Waals surface area contributed by atoms with Gasteiger partial charge in [-0.1, -0.05) is 42.5 Å². The van der Waals surface area contributed by atoms with Crippen LogP contribution in [-0.2, 0) is 6.54 Å². The molecule has 0 spiro atoms. The van der Waals surface area contributed by atoms with Gasteiger partial charge in [0.25, 0.3) is 0 Å². The topological polar surface area (TPSA) is 36.4 Å². The molecule has 0 unspecified atom stereocenters. The van der Waals surface area contributed by atoms with E-state index in [9.17, 15) is 4.39 Å². The van der Waals surface area contributed by atoms with Crippen molar-refractivity contribution >= 4 is 23.0 Å². The first kappa shape index (κ1) is 15.1. The predicted molar refractivity (Wildman–Crippen MR) is 87.6 cm³/mol. The normalized spacial score (nSPS) is 11.0. The van der Waals surface area contributed by atoms with E-state index < -0.39 is 0 Å². The summed E-state index contributed by atoms with van der Waals surface area (Å²) in [5, 5.41) is 7.63. The first-order valence-corrected chi connectivity index (χ1v) is 6.94. The zero-order valence-electron chi connectivity index (χ0n) is 11.6. The summed E-state index contributed by atoms with van der Waals surface area (Å²) >= 11 is 5.14. The minimum atomic E-state index is -0.285. The molecule has 2 aromatic rings. The third-order valence-electron chi connectivity index (χ3n) is 2.86. The molecule has 0 amide bonds. The second-order valence-electron chi connectivity index (χ2n) is 4.49. The minimum absolute atomic E-state index is 0.285. The molecule has 0 atom stereocenters. The molecule has 0 bridgehead atoms. The zero-order chi connectivity index (χ0) is 15.1. The monoisotopic (exact) mass is 301 g/mol. The van der Waals surface area contributed by atoms with E-state index in [0.717, 1.165) is 5.56 Å². The van der Waals surface area contributed by atoms with Crippen LogP contribution >= 0.6 is 12.2 Å². The fraction of sp³-hybridized carbons (Fsp3) is 0.125. The van der Waals surface area contributed by atoms with Gasteiger partial charge in [0.2, 0.25) is 0 Å². The fourth-order valence-corrected chi connectivity index (χ4v) is 1.85. The van der Waals surface area contributed by atoms with E-state index in [1.54, 1.807) is 19.1 Å². The Hall–Kier alpha value is -2.27. The van der Waals surface area contributed by atoms with Gasteiger partial charge < -0.3 is 5.32 Å². The Bertz CT molecular complexity index is 641. The smallest absolute Gasteiger partial charge is 0.187 e. The first-order valence-electron chi connectivity index (χ1n) is 6.53. The van der Waals surface area contributed by atoms with E-state index >= 15 is 0 Å². The lowest BCUT2D eigenvalue weighted by Gasteiger charge is -2.08. The molecule has 2 N–H and O–H groups in total. The number of halogens is 1. The Morgan fingerprint density at radius 2 is 1.90 bits per heavy atom. The highest BCUT2D eigenvalue weighted by Gasteiger charge is 2.00. The summed E-state index contributed by atoms with van der Waals surface area (Å²) in [6, 6.07) is 16.2. The number of hydrogen-bond donors (Lipinski definition) is 2. The molecule has 0 radical (unpaired) electrons. The van der Waals surface area contributed by atoms with Crippen molar-refractivity contribution in [2.45, 2.75) is 13.5 Å². The largest absolute Gasteiger partial charge is 0.357 e. The standard InChI is InChI=1S/C16H16FN3S/c1-12(14-8-5-9-15(17)10-14)19-20-16(21)18-11-13-6-3-2-4-7-13/h2-10H,11H2,1H3,(H2,18,20,21)/b19-12+. The van der Waals surface area contributed by atoms with Crippen LogP contribution in [0.2, 0.25) is 0 Å². The Balaban J connectivity index is 1.87. The van der Waals surface area contributed by atoms with Crippen molar-refractivity contribution in [1.29, 1.82) is 0 Å². The van der Waals surface area contributed by atoms with Crippen LogP contribution in [-0.4, -0.2) is 10.8 Å². The minimum Gasteiger partial charge on any atom is -0.357 e. The van der Waals surface area contributed by atoms with Crippen molar-refractivity contribution in [3.63, 3.8) is 0 Å². The summed E-state index contributed by atoms with van der Waals surface area (Å²) in [6.45, 7) is 2.42. The van der Waals surface area contributed by atoms with Gasteiger partial charge in [-0.2, -0.15) is 5.10 Å². The van der Waals surface area contributed by atoms with Gasteiger partial charge in [0, 0.05) is 12.1 Å². The van der Waals surface area contributed by atoms with Crippen LogP contribution in [0.1, 0.15) is 18.1 Å². The van der Waals surface area contributed by atoms with Crippen molar-refractivity contribution in [3.05, 3.63) is 71.5 Å². The summed E-state index contributed by atoms with van der Waals surface area (Å²) in [5.41, 5.74) is 5.27. The Kier molecular flexibility index (Phi) is 5.40. The summed E-state index contributed by atoms with van der Waals surface area (Å²) in [5.74, 6) is -0.285. The van der Waals surface area contributed by atoms with Crippen molar-refractivity contribution in [2.75, 3.05) is 0 Å². The first-order chi connectivity index (χ1) is 10.1. The van der Waals surface area contributed by atoms with Gasteiger partial charge in [-0.3, -0.25) is 5.43 Å². The lowest BCUT2D eigenvalue weighted by molar-refractivity contribution is 0.627. The molecule has 0 heterocycles. The lowest BCUT2D eigenvalue weighted by Crippen LogP contribution is -2.32. The quantitative estimate of drug-likeness (QED) is 0.517. The maximum Gasteiger partial charge on any atom is 0.187 e. The molecule has 5 heteroatoms. The third-order valence-corrected chi connectivity index (χ3v) is 3.10. The van der Waals surface area contributed by atoms with Crippen LogP contribution in [0.5, 0.6) is 0 Å². The lowest BCUT2D eigenvalue weighted by atomic mass is 10.1. The van der Waals surface area contributed by atoms with Crippen molar-refractivity contribution in [1.82, 2.24) is 10.7 Å². The van der Waals surface area contributed by atoms with Gasteiger partial charge in [-0.05, 0) is 36.8 Å². The summed E-state index contributed by atoms with van der Waals surface area (Å²) in [4.78, 5) is 0. The molecule has 0 saturated heterocycles. The van der Waals surface area contributed by atoms with Crippen molar-refractivity contribution in [2.24, 2.45) is 5.10 Å². The van der Waals surface area contributed by atoms with Crippen LogP contribution in [0.15, 0.2) is 59.7 Å². The highest BCUT2D eigenvalue weighted by atomic mass is 32.1. The van der Waals surface area contributed by atoms with Crippen LogP contribution < -0.4 is 10.7 Å². The van der Waals surface area contributed by atoms with E-state index in [1.165, 1.54) is 12.1 Å². The Labute approximate surface area is 128 Å². The van der Waals surface area contributed by atoms with Gasteiger partial charge in [0.15, 0.2) is 5.11 Å². The number of thiocarbonyl (C=S) groups is 1. The summed E-state index contributed by atoms with van der Waals surface area (Å²) in [7, 11) is 0.